The Bertz CT molecular complexity index is 395. The predicted octanol–water partition coefficient (Wildman–Crippen LogP) is 3.32. The molecule has 0 aliphatic carbocycles. The highest BCUT2D eigenvalue weighted by atomic mass is 79.9. The summed E-state index contributed by atoms with van der Waals surface area (Å²) in [6.45, 7) is 1.53. The van der Waals surface area contributed by atoms with Gasteiger partial charge in [-0.15, -0.1) is 0 Å². The second-order valence-electron chi connectivity index (χ2n) is 4.13. The maximum atomic E-state index is 12.5. The second kappa shape index (κ2) is 4.84. The largest absolute Gasteiger partial charge is 0.433 e. The fourth-order valence-electron chi connectivity index (χ4n) is 1.92. The first-order chi connectivity index (χ1) is 8.00. The van der Waals surface area contributed by atoms with Crippen LogP contribution in [0.15, 0.2) is 18.2 Å². The van der Waals surface area contributed by atoms with Crippen LogP contribution in [0.2, 0.25) is 0 Å². The van der Waals surface area contributed by atoms with Gasteiger partial charge in [-0.05, 0) is 24.5 Å². The molecule has 6 heteroatoms. The van der Waals surface area contributed by atoms with Crippen LogP contribution in [0.25, 0.3) is 0 Å². The number of nitrogens with zero attached hydrogens (tertiary/aromatic N) is 2. The topological polar surface area (TPSA) is 16.1 Å². The molecule has 94 valence electrons. The Morgan fingerprint density at radius 1 is 1.41 bits per heavy atom. The smallest absolute Gasteiger partial charge is 0.356 e. The van der Waals surface area contributed by atoms with E-state index in [1.807, 2.05) is 4.90 Å². The summed E-state index contributed by atoms with van der Waals surface area (Å²) >= 11 is 3.40. The van der Waals surface area contributed by atoms with Crippen molar-refractivity contribution in [2.24, 2.45) is 5.92 Å². The van der Waals surface area contributed by atoms with Gasteiger partial charge in [0.25, 0.3) is 0 Å². The van der Waals surface area contributed by atoms with E-state index in [-0.39, 0.29) is 0 Å². The van der Waals surface area contributed by atoms with Gasteiger partial charge < -0.3 is 4.90 Å². The molecule has 1 unspecified atom stereocenters. The Kier molecular flexibility index (Phi) is 3.61. The van der Waals surface area contributed by atoms with Gasteiger partial charge in [0, 0.05) is 18.4 Å². The zero-order valence-corrected chi connectivity index (χ0v) is 10.6. The zero-order chi connectivity index (χ0) is 12.5. The van der Waals surface area contributed by atoms with Crippen molar-refractivity contribution in [3.05, 3.63) is 23.9 Å². The van der Waals surface area contributed by atoms with Crippen LogP contribution < -0.4 is 4.90 Å². The van der Waals surface area contributed by atoms with Crippen LogP contribution >= 0.6 is 15.9 Å². The summed E-state index contributed by atoms with van der Waals surface area (Å²) in [5.41, 5.74) is -0.822. The molecule has 0 bridgehead atoms. The first-order valence-corrected chi connectivity index (χ1v) is 6.48. The molecule has 2 heterocycles. The van der Waals surface area contributed by atoms with E-state index >= 15 is 0 Å². The van der Waals surface area contributed by atoms with E-state index in [0.717, 1.165) is 30.9 Å². The number of alkyl halides is 4. The highest BCUT2D eigenvalue weighted by Crippen LogP contribution is 2.30. The highest BCUT2D eigenvalue weighted by molar-refractivity contribution is 9.09. The standard InChI is InChI=1S/C11H12BrF3N2/c12-6-8-4-5-17(7-8)10-3-1-2-9(16-10)11(13,14)15/h1-3,8H,4-7H2. The van der Waals surface area contributed by atoms with Crippen LogP contribution in [0.5, 0.6) is 0 Å². The number of hydrogen-bond acceptors (Lipinski definition) is 2. The molecule has 0 N–H and O–H groups in total. The molecule has 2 rings (SSSR count). The molecule has 1 saturated heterocycles. The molecule has 1 aliphatic rings. The minimum absolute atomic E-state index is 0.420. The molecule has 0 aromatic carbocycles. The number of anilines is 1. The van der Waals surface area contributed by atoms with Gasteiger partial charge >= 0.3 is 6.18 Å². The summed E-state index contributed by atoms with van der Waals surface area (Å²) in [6, 6.07) is 4.04. The third kappa shape index (κ3) is 2.91. The average Bonchev–Trinajstić information content (AvgIpc) is 2.76. The van der Waals surface area contributed by atoms with Crippen molar-refractivity contribution >= 4 is 21.7 Å². The van der Waals surface area contributed by atoms with E-state index < -0.39 is 11.9 Å². The van der Waals surface area contributed by atoms with Gasteiger partial charge in [-0.2, -0.15) is 13.2 Å². The molecule has 0 saturated carbocycles. The normalized spacial score (nSPS) is 20.9. The van der Waals surface area contributed by atoms with Crippen LogP contribution in [0.3, 0.4) is 0 Å². The lowest BCUT2D eigenvalue weighted by atomic mass is 10.2. The maximum Gasteiger partial charge on any atom is 0.433 e. The lowest BCUT2D eigenvalue weighted by Gasteiger charge is -2.18. The van der Waals surface area contributed by atoms with Crippen molar-refractivity contribution in [1.29, 1.82) is 0 Å². The van der Waals surface area contributed by atoms with Crippen LogP contribution in [0.4, 0.5) is 19.0 Å². The number of halogens is 4. The first kappa shape index (κ1) is 12.7. The van der Waals surface area contributed by atoms with Crippen molar-refractivity contribution in [2.45, 2.75) is 12.6 Å². The third-order valence-electron chi connectivity index (χ3n) is 2.85. The van der Waals surface area contributed by atoms with Gasteiger partial charge in [-0.3, -0.25) is 0 Å². The van der Waals surface area contributed by atoms with Gasteiger partial charge in [0.2, 0.25) is 0 Å². The van der Waals surface area contributed by atoms with Crippen molar-refractivity contribution in [3.8, 4) is 0 Å². The Hall–Kier alpha value is -0.780. The number of hydrogen-bond donors (Lipinski definition) is 0. The van der Waals surface area contributed by atoms with Crippen molar-refractivity contribution < 1.29 is 13.2 Å². The monoisotopic (exact) mass is 308 g/mol. The maximum absolute atomic E-state index is 12.5. The van der Waals surface area contributed by atoms with E-state index in [1.54, 1.807) is 6.07 Å². The molecule has 0 amide bonds. The van der Waals surface area contributed by atoms with E-state index in [1.165, 1.54) is 6.07 Å². The second-order valence-corrected chi connectivity index (χ2v) is 4.78. The van der Waals surface area contributed by atoms with E-state index in [4.69, 9.17) is 0 Å². The minimum Gasteiger partial charge on any atom is -0.356 e. The molecule has 1 fully saturated rings. The van der Waals surface area contributed by atoms with Crippen LogP contribution in [0.1, 0.15) is 12.1 Å². The molecule has 2 nitrogen and oxygen atoms in total. The first-order valence-electron chi connectivity index (χ1n) is 5.36. The zero-order valence-electron chi connectivity index (χ0n) is 9.04. The van der Waals surface area contributed by atoms with Gasteiger partial charge in [0.1, 0.15) is 11.5 Å². The SMILES string of the molecule is FC(F)(F)c1cccc(N2CCC(CBr)C2)n1. The summed E-state index contributed by atoms with van der Waals surface area (Å²) < 4.78 is 37.5. The fraction of sp³-hybridized carbons (Fsp3) is 0.545. The third-order valence-corrected chi connectivity index (χ3v) is 3.77. The Morgan fingerprint density at radius 3 is 2.76 bits per heavy atom. The van der Waals surface area contributed by atoms with Crippen molar-refractivity contribution in [2.75, 3.05) is 23.3 Å². The molecule has 1 aromatic rings. The Balaban J connectivity index is 2.17. The summed E-state index contributed by atoms with van der Waals surface area (Å²) in [4.78, 5) is 5.58. The molecule has 0 spiro atoms. The number of pyridine rings is 1. The molecule has 17 heavy (non-hydrogen) atoms. The lowest BCUT2D eigenvalue weighted by Crippen LogP contribution is -2.22. The Morgan fingerprint density at radius 2 is 2.18 bits per heavy atom. The molecule has 1 atom stereocenters. The van der Waals surface area contributed by atoms with E-state index in [0.29, 0.717) is 11.7 Å². The lowest BCUT2D eigenvalue weighted by molar-refractivity contribution is -0.141. The molecule has 1 aliphatic heterocycles. The average molecular weight is 309 g/mol. The highest BCUT2D eigenvalue weighted by Gasteiger charge is 2.33. The minimum atomic E-state index is -4.37. The van der Waals surface area contributed by atoms with Crippen molar-refractivity contribution in [3.63, 3.8) is 0 Å². The van der Waals surface area contributed by atoms with Gasteiger partial charge in [0.05, 0.1) is 0 Å². The van der Waals surface area contributed by atoms with Gasteiger partial charge in [-0.1, -0.05) is 22.0 Å². The van der Waals surface area contributed by atoms with E-state index in [2.05, 4.69) is 20.9 Å². The van der Waals surface area contributed by atoms with Crippen LogP contribution in [-0.4, -0.2) is 23.4 Å². The van der Waals surface area contributed by atoms with Crippen molar-refractivity contribution in [1.82, 2.24) is 4.98 Å². The summed E-state index contributed by atoms with van der Waals surface area (Å²) in [5.74, 6) is 0.912. The predicted molar refractivity (Wildman–Crippen MR) is 63.4 cm³/mol. The number of rotatable bonds is 2. The summed E-state index contributed by atoms with van der Waals surface area (Å²) in [5, 5.41) is 0.877. The summed E-state index contributed by atoms with van der Waals surface area (Å²) in [6.07, 6.45) is -3.38. The quantitative estimate of drug-likeness (QED) is 0.779. The molecular formula is C11H12BrF3N2. The fourth-order valence-corrected chi connectivity index (χ4v) is 2.45. The van der Waals surface area contributed by atoms with Gasteiger partial charge in [-0.25, -0.2) is 4.98 Å². The van der Waals surface area contributed by atoms with Crippen LogP contribution in [0, 0.1) is 5.92 Å². The van der Waals surface area contributed by atoms with E-state index in [9.17, 15) is 13.2 Å². The van der Waals surface area contributed by atoms with Crippen LogP contribution in [-0.2, 0) is 6.18 Å². The molecule has 0 radical (unpaired) electrons. The number of aromatic nitrogens is 1. The Labute approximate surface area is 106 Å². The molecule has 1 aromatic heterocycles. The summed E-state index contributed by atoms with van der Waals surface area (Å²) in [7, 11) is 0. The van der Waals surface area contributed by atoms with Gasteiger partial charge in [0.15, 0.2) is 0 Å². The molecular weight excluding hydrogens is 297 g/mol.